The van der Waals surface area contributed by atoms with Gasteiger partial charge in [-0.3, -0.25) is 4.79 Å². The predicted octanol–water partition coefficient (Wildman–Crippen LogP) is 2.97. The van der Waals surface area contributed by atoms with Crippen molar-refractivity contribution >= 4 is 5.91 Å². The fourth-order valence-electron chi connectivity index (χ4n) is 2.08. The molecule has 2 heteroatoms. The van der Waals surface area contributed by atoms with Crippen LogP contribution in [0.25, 0.3) is 0 Å². The van der Waals surface area contributed by atoms with Crippen molar-refractivity contribution in [3.63, 3.8) is 0 Å². The molecule has 15 heavy (non-hydrogen) atoms. The number of nitrogens with one attached hydrogen (secondary N) is 1. The van der Waals surface area contributed by atoms with Crippen molar-refractivity contribution in [1.29, 1.82) is 0 Å². The third-order valence-electron chi connectivity index (χ3n) is 3.61. The van der Waals surface area contributed by atoms with E-state index in [1.165, 1.54) is 6.42 Å². The largest absolute Gasteiger partial charge is 0.353 e. The Balaban J connectivity index is 2.44. The van der Waals surface area contributed by atoms with E-state index >= 15 is 0 Å². The average Bonchev–Trinajstić information content (AvgIpc) is 2.10. The van der Waals surface area contributed by atoms with Crippen LogP contribution in [0.1, 0.15) is 53.9 Å². The summed E-state index contributed by atoms with van der Waals surface area (Å²) in [5.41, 5.74) is -0.258. The molecule has 1 fully saturated rings. The molecule has 1 amide bonds. The number of hydrogen-bond acceptors (Lipinski definition) is 1. The zero-order valence-electron chi connectivity index (χ0n) is 10.8. The van der Waals surface area contributed by atoms with Crippen LogP contribution in [-0.2, 0) is 4.79 Å². The summed E-state index contributed by atoms with van der Waals surface area (Å²) in [4.78, 5) is 11.8. The van der Waals surface area contributed by atoms with E-state index in [1.807, 2.05) is 20.8 Å². The van der Waals surface area contributed by atoms with Gasteiger partial charge in [0.1, 0.15) is 0 Å². The van der Waals surface area contributed by atoms with Gasteiger partial charge in [-0.2, -0.15) is 0 Å². The molecule has 1 N–H and O–H groups in total. The fourth-order valence-corrected chi connectivity index (χ4v) is 2.08. The van der Waals surface area contributed by atoms with Gasteiger partial charge in [0.05, 0.1) is 0 Å². The molecule has 0 heterocycles. The van der Waals surface area contributed by atoms with E-state index in [9.17, 15) is 4.79 Å². The minimum absolute atomic E-state index is 0.189. The van der Waals surface area contributed by atoms with Gasteiger partial charge in [-0.25, -0.2) is 0 Å². The summed E-state index contributed by atoms with van der Waals surface area (Å²) < 4.78 is 0. The monoisotopic (exact) mass is 211 g/mol. The van der Waals surface area contributed by atoms with E-state index in [0.717, 1.165) is 24.7 Å². The highest BCUT2D eigenvalue weighted by Gasteiger charge is 2.28. The quantitative estimate of drug-likeness (QED) is 0.710. The van der Waals surface area contributed by atoms with Gasteiger partial charge in [0, 0.05) is 11.5 Å². The van der Waals surface area contributed by atoms with Crippen molar-refractivity contribution < 1.29 is 4.79 Å². The molecule has 1 rings (SSSR count). The van der Waals surface area contributed by atoms with Crippen LogP contribution in [0.4, 0.5) is 0 Å². The van der Waals surface area contributed by atoms with Gasteiger partial charge in [-0.15, -0.1) is 0 Å². The minimum Gasteiger partial charge on any atom is -0.353 e. The van der Waals surface area contributed by atoms with Gasteiger partial charge in [0.15, 0.2) is 0 Å². The molecule has 2 nitrogen and oxygen atoms in total. The minimum atomic E-state index is -0.258. The molecule has 0 radical (unpaired) electrons. The maximum Gasteiger partial charge on any atom is 0.225 e. The summed E-state index contributed by atoms with van der Waals surface area (Å²) in [7, 11) is 0. The molecule has 1 aliphatic carbocycles. The first-order valence-corrected chi connectivity index (χ1v) is 6.11. The molecule has 0 aromatic carbocycles. The fraction of sp³-hybridized carbons (Fsp3) is 0.923. The van der Waals surface area contributed by atoms with Crippen LogP contribution >= 0.6 is 0 Å². The maximum absolute atomic E-state index is 11.8. The highest BCUT2D eigenvalue weighted by atomic mass is 16.2. The van der Waals surface area contributed by atoms with E-state index in [0.29, 0.717) is 6.04 Å². The van der Waals surface area contributed by atoms with Crippen LogP contribution in [0.5, 0.6) is 0 Å². The molecule has 0 aromatic heterocycles. The van der Waals surface area contributed by atoms with Gasteiger partial charge in [-0.05, 0) is 31.1 Å². The van der Waals surface area contributed by atoms with Crippen LogP contribution in [0.2, 0.25) is 0 Å². The maximum atomic E-state index is 11.8. The van der Waals surface area contributed by atoms with Gasteiger partial charge < -0.3 is 5.32 Å². The van der Waals surface area contributed by atoms with Crippen LogP contribution < -0.4 is 5.32 Å². The second-order valence-corrected chi connectivity index (χ2v) is 6.19. The van der Waals surface area contributed by atoms with Gasteiger partial charge in [0.2, 0.25) is 5.91 Å². The zero-order chi connectivity index (χ0) is 11.6. The third kappa shape index (κ3) is 3.51. The second-order valence-electron chi connectivity index (χ2n) is 6.19. The standard InChI is InChI=1S/C13H25NO/c1-9-6-7-11(8-10(9)2)14-12(15)13(3,4)5/h9-11H,6-8H2,1-5H3,(H,14,15). The first kappa shape index (κ1) is 12.5. The lowest BCUT2D eigenvalue weighted by Gasteiger charge is -2.34. The summed E-state index contributed by atoms with van der Waals surface area (Å²) >= 11 is 0. The molecule has 88 valence electrons. The van der Waals surface area contributed by atoms with Crippen molar-refractivity contribution in [2.24, 2.45) is 17.3 Å². The van der Waals surface area contributed by atoms with Gasteiger partial charge >= 0.3 is 0 Å². The highest BCUT2D eigenvalue weighted by Crippen LogP contribution is 2.29. The van der Waals surface area contributed by atoms with E-state index in [-0.39, 0.29) is 11.3 Å². The Hall–Kier alpha value is -0.530. The van der Waals surface area contributed by atoms with Crippen LogP contribution in [0.3, 0.4) is 0 Å². The van der Waals surface area contributed by atoms with Crippen molar-refractivity contribution in [2.45, 2.75) is 59.9 Å². The van der Waals surface area contributed by atoms with Gasteiger partial charge in [0.25, 0.3) is 0 Å². The van der Waals surface area contributed by atoms with Crippen molar-refractivity contribution in [3.05, 3.63) is 0 Å². The third-order valence-corrected chi connectivity index (χ3v) is 3.61. The topological polar surface area (TPSA) is 29.1 Å². The Labute approximate surface area is 93.8 Å². The number of rotatable bonds is 1. The molecule has 0 spiro atoms. The Bertz CT molecular complexity index is 229. The Kier molecular flexibility index (Phi) is 3.80. The Morgan fingerprint density at radius 2 is 1.73 bits per heavy atom. The molecule has 0 aromatic rings. The molecule has 1 aliphatic rings. The number of carbonyl (C=O) groups excluding carboxylic acids is 1. The highest BCUT2D eigenvalue weighted by molar-refractivity contribution is 5.81. The number of hydrogen-bond donors (Lipinski definition) is 1. The first-order valence-electron chi connectivity index (χ1n) is 6.11. The lowest BCUT2D eigenvalue weighted by atomic mass is 9.79. The van der Waals surface area contributed by atoms with Gasteiger partial charge in [-0.1, -0.05) is 34.6 Å². The normalized spacial score (nSPS) is 32.5. The van der Waals surface area contributed by atoms with E-state index < -0.39 is 0 Å². The first-order chi connectivity index (χ1) is 6.80. The molecule has 0 aliphatic heterocycles. The molecule has 0 saturated heterocycles. The smallest absolute Gasteiger partial charge is 0.225 e. The van der Waals surface area contributed by atoms with Crippen LogP contribution in [0.15, 0.2) is 0 Å². The molecule has 3 atom stereocenters. The van der Waals surface area contributed by atoms with Crippen LogP contribution in [-0.4, -0.2) is 11.9 Å². The van der Waals surface area contributed by atoms with Crippen LogP contribution in [0, 0.1) is 17.3 Å². The zero-order valence-corrected chi connectivity index (χ0v) is 10.8. The lowest BCUT2D eigenvalue weighted by Crippen LogP contribution is -2.44. The SMILES string of the molecule is CC1CCC(NC(=O)C(C)(C)C)CC1C. The molecule has 3 unspecified atom stereocenters. The van der Waals surface area contributed by atoms with Crippen molar-refractivity contribution in [3.8, 4) is 0 Å². The summed E-state index contributed by atoms with van der Waals surface area (Å²) in [6.07, 6.45) is 3.53. The summed E-state index contributed by atoms with van der Waals surface area (Å²) in [5, 5.41) is 3.17. The van der Waals surface area contributed by atoms with E-state index in [2.05, 4.69) is 19.2 Å². The molecule has 0 bridgehead atoms. The second kappa shape index (κ2) is 4.54. The lowest BCUT2D eigenvalue weighted by molar-refractivity contribution is -0.129. The predicted molar refractivity (Wildman–Crippen MR) is 63.6 cm³/mol. The Morgan fingerprint density at radius 3 is 2.20 bits per heavy atom. The number of amides is 1. The summed E-state index contributed by atoms with van der Waals surface area (Å²) in [5.74, 6) is 1.74. The van der Waals surface area contributed by atoms with E-state index in [4.69, 9.17) is 0 Å². The average molecular weight is 211 g/mol. The van der Waals surface area contributed by atoms with Crippen molar-refractivity contribution in [1.82, 2.24) is 5.32 Å². The summed E-state index contributed by atoms with van der Waals surface area (Å²) in [6.45, 7) is 10.5. The molecular weight excluding hydrogens is 186 g/mol. The summed E-state index contributed by atoms with van der Waals surface area (Å²) in [6, 6.07) is 0.405. The van der Waals surface area contributed by atoms with Crippen molar-refractivity contribution in [2.75, 3.05) is 0 Å². The number of carbonyl (C=O) groups is 1. The Morgan fingerprint density at radius 1 is 1.13 bits per heavy atom. The molecular formula is C13H25NO. The molecule has 1 saturated carbocycles. The van der Waals surface area contributed by atoms with E-state index in [1.54, 1.807) is 0 Å².